The van der Waals surface area contributed by atoms with Gasteiger partial charge in [-0.3, -0.25) is 4.79 Å². The van der Waals surface area contributed by atoms with Gasteiger partial charge in [0.1, 0.15) is 5.54 Å². The lowest BCUT2D eigenvalue weighted by Crippen LogP contribution is -2.52. The molecule has 0 saturated heterocycles. The number of nitrogens with one attached hydrogen (secondary N) is 1. The first-order chi connectivity index (χ1) is 8.98. The van der Waals surface area contributed by atoms with Gasteiger partial charge in [0.15, 0.2) is 4.21 Å². The van der Waals surface area contributed by atoms with Crippen molar-refractivity contribution in [2.45, 2.75) is 43.4 Å². The van der Waals surface area contributed by atoms with E-state index in [9.17, 15) is 22.0 Å². The number of sulfonamides is 1. The van der Waals surface area contributed by atoms with Gasteiger partial charge in [0, 0.05) is 0 Å². The summed E-state index contributed by atoms with van der Waals surface area (Å²) < 4.78 is 51.8. The Hall–Kier alpha value is -1.13. The number of carboxylic acids is 1. The number of aryl methyl sites for hydroxylation is 2. The molecule has 0 aliphatic carbocycles. The number of carboxylic acid groups (broad SMARTS) is 1. The van der Waals surface area contributed by atoms with Crippen LogP contribution in [0.2, 0.25) is 0 Å². The van der Waals surface area contributed by atoms with Crippen molar-refractivity contribution in [2.75, 3.05) is 0 Å². The third-order valence-corrected chi connectivity index (χ3v) is 5.77. The predicted molar refractivity (Wildman–Crippen MR) is 68.6 cm³/mol. The van der Waals surface area contributed by atoms with E-state index in [0.717, 1.165) is 18.3 Å². The van der Waals surface area contributed by atoms with Gasteiger partial charge in [-0.2, -0.15) is 4.72 Å². The number of nitrogens with zero attached hydrogens (tertiary/aromatic N) is 1. The van der Waals surface area contributed by atoms with Gasteiger partial charge in [0.2, 0.25) is 0 Å². The fourth-order valence-corrected chi connectivity index (χ4v) is 4.46. The second-order valence-electron chi connectivity index (χ2n) is 4.50. The second kappa shape index (κ2) is 5.70. The SMILES string of the molecule is Cc1nc(C)c(S(=O)(=O)NC(C)(CC(=O)O)C(F)F)s1. The van der Waals surface area contributed by atoms with Crippen LogP contribution in [-0.4, -0.2) is 36.4 Å². The molecule has 0 aliphatic rings. The number of thiazole rings is 1. The minimum absolute atomic E-state index is 0.187. The summed E-state index contributed by atoms with van der Waals surface area (Å²) in [5.41, 5.74) is -2.19. The van der Waals surface area contributed by atoms with Crippen LogP contribution >= 0.6 is 11.3 Å². The highest BCUT2D eigenvalue weighted by molar-refractivity contribution is 7.91. The number of alkyl halides is 2. The summed E-state index contributed by atoms with van der Waals surface area (Å²) in [6, 6.07) is 0. The molecule has 0 bridgehead atoms. The highest BCUT2D eigenvalue weighted by atomic mass is 32.2. The standard InChI is InChI=1S/C10H14F2N2O4S2/c1-5-8(19-6(2)13-5)20(17,18)14-10(3,9(11)12)4-7(15)16/h9,14H,4H2,1-3H3,(H,15,16). The Kier molecular flexibility index (Phi) is 4.82. The fourth-order valence-electron chi connectivity index (χ4n) is 1.59. The van der Waals surface area contributed by atoms with Crippen molar-refractivity contribution >= 4 is 27.3 Å². The lowest BCUT2D eigenvalue weighted by molar-refractivity contribution is -0.140. The maximum Gasteiger partial charge on any atom is 0.305 e. The van der Waals surface area contributed by atoms with Crippen molar-refractivity contribution in [2.24, 2.45) is 0 Å². The van der Waals surface area contributed by atoms with Gasteiger partial charge >= 0.3 is 5.97 Å². The van der Waals surface area contributed by atoms with Gasteiger partial charge in [-0.25, -0.2) is 22.2 Å². The van der Waals surface area contributed by atoms with Crippen LogP contribution in [0.3, 0.4) is 0 Å². The van der Waals surface area contributed by atoms with Crippen LogP contribution in [0.1, 0.15) is 24.0 Å². The van der Waals surface area contributed by atoms with E-state index in [1.165, 1.54) is 6.92 Å². The maximum atomic E-state index is 13.0. The van der Waals surface area contributed by atoms with Crippen LogP contribution in [0.25, 0.3) is 0 Å². The Morgan fingerprint density at radius 3 is 2.40 bits per heavy atom. The molecule has 1 atom stereocenters. The molecule has 0 amide bonds. The number of rotatable bonds is 6. The van der Waals surface area contributed by atoms with Gasteiger partial charge in [-0.1, -0.05) is 0 Å². The Balaban J connectivity index is 3.16. The molecule has 0 fully saturated rings. The normalized spacial score (nSPS) is 15.3. The summed E-state index contributed by atoms with van der Waals surface area (Å²) in [4.78, 5) is 14.5. The summed E-state index contributed by atoms with van der Waals surface area (Å²) in [6.07, 6.45) is -4.19. The number of hydrogen-bond acceptors (Lipinski definition) is 5. The molecule has 0 spiro atoms. The van der Waals surface area contributed by atoms with Crippen molar-refractivity contribution in [3.05, 3.63) is 10.7 Å². The molecular weight excluding hydrogens is 314 g/mol. The van der Waals surface area contributed by atoms with E-state index in [0.29, 0.717) is 5.01 Å². The third-order valence-electron chi connectivity index (χ3n) is 2.47. The molecule has 1 aromatic heterocycles. The molecule has 2 N–H and O–H groups in total. The first-order valence-corrected chi connectivity index (χ1v) is 7.76. The zero-order valence-corrected chi connectivity index (χ0v) is 12.6. The number of carbonyl (C=O) groups is 1. The predicted octanol–water partition coefficient (Wildman–Crippen LogP) is 1.54. The molecule has 0 radical (unpaired) electrons. The van der Waals surface area contributed by atoms with E-state index in [1.807, 2.05) is 0 Å². The zero-order valence-electron chi connectivity index (χ0n) is 11.0. The van der Waals surface area contributed by atoms with Crippen LogP contribution in [0, 0.1) is 13.8 Å². The Bertz CT molecular complexity index is 615. The van der Waals surface area contributed by atoms with Crippen molar-refractivity contribution in [3.63, 3.8) is 0 Å². The minimum atomic E-state index is -4.26. The molecule has 1 rings (SSSR count). The average Bonchev–Trinajstić information content (AvgIpc) is 2.56. The van der Waals surface area contributed by atoms with Crippen LogP contribution in [0.4, 0.5) is 8.78 Å². The molecule has 1 heterocycles. The van der Waals surface area contributed by atoms with Gasteiger partial charge in [-0.15, -0.1) is 11.3 Å². The van der Waals surface area contributed by atoms with E-state index in [1.54, 1.807) is 11.6 Å². The molecule has 114 valence electrons. The first-order valence-electron chi connectivity index (χ1n) is 5.46. The van der Waals surface area contributed by atoms with Crippen molar-refractivity contribution in [3.8, 4) is 0 Å². The van der Waals surface area contributed by atoms with Crippen LogP contribution in [0.5, 0.6) is 0 Å². The molecule has 1 aromatic rings. The molecule has 20 heavy (non-hydrogen) atoms. The molecule has 6 nitrogen and oxygen atoms in total. The molecule has 0 aromatic carbocycles. The van der Waals surface area contributed by atoms with Crippen molar-refractivity contribution < 1.29 is 27.1 Å². The molecule has 0 aliphatic heterocycles. The Labute approximate surface area is 118 Å². The Morgan fingerprint density at radius 1 is 1.50 bits per heavy atom. The lowest BCUT2D eigenvalue weighted by Gasteiger charge is -2.27. The topological polar surface area (TPSA) is 96.4 Å². The highest BCUT2D eigenvalue weighted by Gasteiger charge is 2.42. The number of aliphatic carboxylic acids is 1. The van der Waals surface area contributed by atoms with E-state index >= 15 is 0 Å². The molecule has 1 unspecified atom stereocenters. The monoisotopic (exact) mass is 328 g/mol. The molecule has 10 heteroatoms. The van der Waals surface area contributed by atoms with Crippen LogP contribution in [-0.2, 0) is 14.8 Å². The Morgan fingerprint density at radius 2 is 2.05 bits per heavy atom. The smallest absolute Gasteiger partial charge is 0.305 e. The lowest BCUT2D eigenvalue weighted by atomic mass is 10.0. The summed E-state index contributed by atoms with van der Waals surface area (Å²) in [5.74, 6) is -1.52. The maximum absolute atomic E-state index is 13.0. The summed E-state index contributed by atoms with van der Waals surface area (Å²) in [6.45, 7) is 3.88. The zero-order chi connectivity index (χ0) is 15.7. The van der Waals surface area contributed by atoms with Crippen molar-refractivity contribution in [1.29, 1.82) is 0 Å². The minimum Gasteiger partial charge on any atom is -0.481 e. The summed E-state index contributed by atoms with van der Waals surface area (Å²) in [7, 11) is -4.26. The van der Waals surface area contributed by atoms with Crippen molar-refractivity contribution in [1.82, 2.24) is 9.71 Å². The van der Waals surface area contributed by atoms with E-state index in [-0.39, 0.29) is 9.90 Å². The average molecular weight is 328 g/mol. The summed E-state index contributed by atoms with van der Waals surface area (Å²) >= 11 is 0.839. The van der Waals surface area contributed by atoms with Gasteiger partial charge in [0.05, 0.1) is 17.1 Å². The van der Waals surface area contributed by atoms with E-state index in [4.69, 9.17) is 5.11 Å². The van der Waals surface area contributed by atoms with Gasteiger partial charge < -0.3 is 5.11 Å². The first kappa shape index (κ1) is 16.9. The number of hydrogen-bond donors (Lipinski definition) is 2. The third kappa shape index (κ3) is 3.70. The quantitative estimate of drug-likeness (QED) is 0.825. The van der Waals surface area contributed by atoms with Gasteiger partial charge in [0.25, 0.3) is 16.4 Å². The van der Waals surface area contributed by atoms with E-state index in [2.05, 4.69) is 4.98 Å². The molecule has 0 saturated carbocycles. The molecular formula is C10H14F2N2O4S2. The number of aromatic nitrogens is 1. The van der Waals surface area contributed by atoms with Crippen LogP contribution < -0.4 is 4.72 Å². The highest BCUT2D eigenvalue weighted by Crippen LogP contribution is 2.27. The largest absolute Gasteiger partial charge is 0.481 e. The fraction of sp³-hybridized carbons (Fsp3) is 0.600. The van der Waals surface area contributed by atoms with Crippen LogP contribution in [0.15, 0.2) is 4.21 Å². The number of halogens is 2. The van der Waals surface area contributed by atoms with E-state index < -0.39 is 34.4 Å². The van der Waals surface area contributed by atoms with Gasteiger partial charge in [-0.05, 0) is 20.8 Å². The summed E-state index contributed by atoms with van der Waals surface area (Å²) in [5, 5.41) is 9.12. The second-order valence-corrected chi connectivity index (χ2v) is 7.58.